The minimum atomic E-state index is -0.765. The van der Waals surface area contributed by atoms with Crippen molar-refractivity contribution in [3.8, 4) is 5.75 Å². The van der Waals surface area contributed by atoms with Crippen LogP contribution in [0.1, 0.15) is 19.4 Å². The van der Waals surface area contributed by atoms with Gasteiger partial charge >= 0.3 is 0 Å². The molecule has 7 heteroatoms. The lowest BCUT2D eigenvalue weighted by atomic mass is 10.2. The van der Waals surface area contributed by atoms with Gasteiger partial charge in [0.15, 0.2) is 6.10 Å². The van der Waals surface area contributed by atoms with Crippen molar-refractivity contribution in [1.82, 2.24) is 10.4 Å². The van der Waals surface area contributed by atoms with Gasteiger partial charge in [-0.15, -0.1) is 0 Å². The largest absolute Gasteiger partial charge is 0.479 e. The maximum atomic E-state index is 12.0. The molecule has 2 aromatic rings. The smallest absolute Gasteiger partial charge is 0.280 e. The van der Waals surface area contributed by atoms with Crippen LogP contribution >= 0.6 is 23.2 Å². The molecule has 1 aromatic heterocycles. The van der Waals surface area contributed by atoms with E-state index in [0.29, 0.717) is 21.5 Å². The highest BCUT2D eigenvalue weighted by atomic mass is 35.5. The molecule has 0 aliphatic carbocycles. The quantitative estimate of drug-likeness (QED) is 0.659. The Labute approximate surface area is 144 Å². The number of hydrogen-bond acceptors (Lipinski definition) is 4. The van der Waals surface area contributed by atoms with Crippen LogP contribution in [0, 0.1) is 0 Å². The zero-order chi connectivity index (χ0) is 16.8. The minimum Gasteiger partial charge on any atom is -0.479 e. The number of aromatic nitrogens is 1. The number of rotatable bonds is 5. The molecule has 1 atom stereocenters. The average Bonchev–Trinajstić information content (AvgIpc) is 2.55. The first-order chi connectivity index (χ1) is 11.0. The van der Waals surface area contributed by atoms with Crippen LogP contribution in [0.15, 0.2) is 47.8 Å². The molecule has 1 N–H and O–H groups in total. The number of ether oxygens (including phenoxy) is 1. The molecule has 0 fully saturated rings. The second kappa shape index (κ2) is 7.94. The molecule has 0 spiro atoms. The van der Waals surface area contributed by atoms with Gasteiger partial charge < -0.3 is 4.74 Å². The third-order valence-corrected chi connectivity index (χ3v) is 3.51. The summed E-state index contributed by atoms with van der Waals surface area (Å²) in [4.78, 5) is 16.0. The molecule has 0 saturated carbocycles. The number of amides is 1. The van der Waals surface area contributed by atoms with Crippen molar-refractivity contribution in [3.05, 3.63) is 58.3 Å². The van der Waals surface area contributed by atoms with E-state index in [0.717, 1.165) is 5.56 Å². The Morgan fingerprint density at radius 1 is 1.35 bits per heavy atom. The zero-order valence-corrected chi connectivity index (χ0v) is 14.1. The van der Waals surface area contributed by atoms with Gasteiger partial charge in [-0.3, -0.25) is 9.78 Å². The monoisotopic (exact) mass is 351 g/mol. The molecule has 0 aliphatic heterocycles. The summed E-state index contributed by atoms with van der Waals surface area (Å²) in [6.07, 6.45) is 2.57. The van der Waals surface area contributed by atoms with E-state index < -0.39 is 6.10 Å². The minimum absolute atomic E-state index is 0.340. The van der Waals surface area contributed by atoms with Crippen molar-refractivity contribution in [2.45, 2.75) is 20.0 Å². The molecule has 5 nitrogen and oxygen atoms in total. The van der Waals surface area contributed by atoms with Crippen molar-refractivity contribution in [2.24, 2.45) is 5.10 Å². The molecule has 1 amide bonds. The van der Waals surface area contributed by atoms with Crippen LogP contribution in [0.25, 0.3) is 0 Å². The van der Waals surface area contributed by atoms with Gasteiger partial charge in [0.25, 0.3) is 5.91 Å². The summed E-state index contributed by atoms with van der Waals surface area (Å²) in [5, 5.41) is 4.87. The molecule has 2 rings (SSSR count). The van der Waals surface area contributed by atoms with E-state index in [9.17, 15) is 4.79 Å². The number of hydrazone groups is 1. The van der Waals surface area contributed by atoms with E-state index in [-0.39, 0.29) is 5.91 Å². The van der Waals surface area contributed by atoms with Crippen LogP contribution < -0.4 is 10.2 Å². The van der Waals surface area contributed by atoms with E-state index >= 15 is 0 Å². The number of halogens is 2. The van der Waals surface area contributed by atoms with Crippen LogP contribution in [0.3, 0.4) is 0 Å². The Bertz CT molecular complexity index is 721. The second-order valence-electron chi connectivity index (χ2n) is 4.75. The van der Waals surface area contributed by atoms with Crippen LogP contribution in [-0.2, 0) is 4.79 Å². The van der Waals surface area contributed by atoms with E-state index in [1.54, 1.807) is 50.5 Å². The molecule has 120 valence electrons. The number of nitrogens with zero attached hydrogens (tertiary/aromatic N) is 2. The lowest BCUT2D eigenvalue weighted by molar-refractivity contribution is -0.127. The van der Waals surface area contributed by atoms with E-state index in [4.69, 9.17) is 27.9 Å². The first kappa shape index (κ1) is 17.2. The Morgan fingerprint density at radius 3 is 2.78 bits per heavy atom. The topological polar surface area (TPSA) is 63.6 Å². The fourth-order valence-electron chi connectivity index (χ4n) is 1.69. The van der Waals surface area contributed by atoms with Gasteiger partial charge in [-0.1, -0.05) is 29.3 Å². The molecule has 1 heterocycles. The van der Waals surface area contributed by atoms with Crippen LogP contribution in [0.5, 0.6) is 5.75 Å². The summed E-state index contributed by atoms with van der Waals surface area (Å²) >= 11 is 11.8. The molecule has 1 unspecified atom stereocenters. The average molecular weight is 352 g/mol. The van der Waals surface area contributed by atoms with Crippen molar-refractivity contribution in [1.29, 1.82) is 0 Å². The normalized spacial score (nSPS) is 12.6. The molecule has 0 bridgehead atoms. The standard InChI is InChI=1S/C16H15Cl2N3O2/c1-10(12-4-3-7-19-9-12)20-21-16(22)11(2)23-15-6-5-13(17)8-14(15)18/h3-9,11H,1-2H3,(H,21,22). The van der Waals surface area contributed by atoms with Gasteiger partial charge in [-0.2, -0.15) is 5.10 Å². The van der Waals surface area contributed by atoms with Crippen LogP contribution in [0.2, 0.25) is 10.0 Å². The van der Waals surface area contributed by atoms with Crippen molar-refractivity contribution < 1.29 is 9.53 Å². The number of carbonyl (C=O) groups excluding carboxylic acids is 1. The Morgan fingerprint density at radius 2 is 2.13 bits per heavy atom. The maximum absolute atomic E-state index is 12.0. The summed E-state index contributed by atoms with van der Waals surface area (Å²) in [5.41, 5.74) is 3.92. The van der Waals surface area contributed by atoms with E-state index in [1.165, 1.54) is 0 Å². The number of pyridine rings is 1. The highest BCUT2D eigenvalue weighted by Crippen LogP contribution is 2.28. The highest BCUT2D eigenvalue weighted by Gasteiger charge is 2.16. The third-order valence-electron chi connectivity index (χ3n) is 2.98. The molecular weight excluding hydrogens is 337 g/mol. The first-order valence-electron chi connectivity index (χ1n) is 6.83. The summed E-state index contributed by atoms with van der Waals surface area (Å²) < 4.78 is 5.52. The predicted molar refractivity (Wildman–Crippen MR) is 91.1 cm³/mol. The number of benzene rings is 1. The van der Waals surface area contributed by atoms with Gasteiger partial charge in [-0.25, -0.2) is 5.43 Å². The molecule has 1 aromatic carbocycles. The first-order valence-corrected chi connectivity index (χ1v) is 7.59. The predicted octanol–water partition coefficient (Wildman–Crippen LogP) is 3.70. The molecular formula is C16H15Cl2N3O2. The third kappa shape index (κ3) is 4.94. The lowest BCUT2D eigenvalue weighted by Crippen LogP contribution is -2.34. The fraction of sp³-hybridized carbons (Fsp3) is 0.188. The van der Waals surface area contributed by atoms with Crippen molar-refractivity contribution >= 4 is 34.8 Å². The lowest BCUT2D eigenvalue weighted by Gasteiger charge is -2.14. The molecule has 23 heavy (non-hydrogen) atoms. The molecule has 0 radical (unpaired) electrons. The van der Waals surface area contributed by atoms with Gasteiger partial charge in [0.2, 0.25) is 0 Å². The summed E-state index contributed by atoms with van der Waals surface area (Å²) in [7, 11) is 0. The molecule has 0 saturated heterocycles. The van der Waals surface area contributed by atoms with Gasteiger partial charge in [0, 0.05) is 23.0 Å². The Kier molecular flexibility index (Phi) is 5.96. The van der Waals surface area contributed by atoms with Crippen molar-refractivity contribution in [2.75, 3.05) is 0 Å². The SMILES string of the molecule is CC(=NNC(=O)C(C)Oc1ccc(Cl)cc1Cl)c1cccnc1. The highest BCUT2D eigenvalue weighted by molar-refractivity contribution is 6.35. The number of nitrogens with one attached hydrogen (secondary N) is 1. The summed E-state index contributed by atoms with van der Waals surface area (Å²) in [5.74, 6) is -0.00839. The summed E-state index contributed by atoms with van der Waals surface area (Å²) in [6.45, 7) is 3.38. The van der Waals surface area contributed by atoms with Gasteiger partial charge in [-0.05, 0) is 38.1 Å². The number of carbonyl (C=O) groups is 1. The van der Waals surface area contributed by atoms with Crippen LogP contribution in [-0.4, -0.2) is 22.7 Å². The van der Waals surface area contributed by atoms with E-state index in [2.05, 4.69) is 15.5 Å². The maximum Gasteiger partial charge on any atom is 0.280 e. The fourth-order valence-corrected chi connectivity index (χ4v) is 2.14. The van der Waals surface area contributed by atoms with E-state index in [1.807, 2.05) is 6.07 Å². The van der Waals surface area contributed by atoms with Crippen molar-refractivity contribution in [3.63, 3.8) is 0 Å². The molecule has 0 aliphatic rings. The number of hydrogen-bond donors (Lipinski definition) is 1. The van der Waals surface area contributed by atoms with Gasteiger partial charge in [0.1, 0.15) is 5.75 Å². The van der Waals surface area contributed by atoms with Crippen LogP contribution in [0.4, 0.5) is 0 Å². The Hall–Kier alpha value is -2.11. The zero-order valence-electron chi connectivity index (χ0n) is 12.6. The summed E-state index contributed by atoms with van der Waals surface area (Å²) in [6, 6.07) is 8.44. The van der Waals surface area contributed by atoms with Gasteiger partial charge in [0.05, 0.1) is 10.7 Å². The second-order valence-corrected chi connectivity index (χ2v) is 5.59. The Balaban J connectivity index is 1.97.